The first-order valence-corrected chi connectivity index (χ1v) is 6.03. The summed E-state index contributed by atoms with van der Waals surface area (Å²) < 4.78 is 26.6. The highest BCUT2D eigenvalue weighted by Crippen LogP contribution is 2.49. The number of hydrogen-bond acceptors (Lipinski definition) is 4. The van der Waals surface area contributed by atoms with Crippen LogP contribution in [0, 0.1) is 5.92 Å². The van der Waals surface area contributed by atoms with E-state index in [1.54, 1.807) is 13.8 Å². The summed E-state index contributed by atoms with van der Waals surface area (Å²) in [6.45, 7) is 8.50. The van der Waals surface area contributed by atoms with Crippen LogP contribution in [0.5, 0.6) is 0 Å². The third-order valence-electron chi connectivity index (χ3n) is 1.14. The number of phosphoric acid groups is 1. The zero-order chi connectivity index (χ0) is 10.3. The Balaban J connectivity index is 3.99. The molecular formula is C8H19O4P. The molecule has 80 valence electrons. The van der Waals surface area contributed by atoms with E-state index in [4.69, 9.17) is 13.6 Å². The maximum Gasteiger partial charge on any atom is 0.474 e. The zero-order valence-corrected chi connectivity index (χ0v) is 9.67. The van der Waals surface area contributed by atoms with Crippen molar-refractivity contribution >= 4 is 7.82 Å². The van der Waals surface area contributed by atoms with Gasteiger partial charge in [-0.25, -0.2) is 4.57 Å². The van der Waals surface area contributed by atoms with Crippen molar-refractivity contribution in [3.05, 3.63) is 0 Å². The van der Waals surface area contributed by atoms with E-state index < -0.39 is 7.82 Å². The van der Waals surface area contributed by atoms with Crippen LogP contribution in [0.25, 0.3) is 0 Å². The van der Waals surface area contributed by atoms with Gasteiger partial charge in [-0.05, 0) is 19.8 Å². The highest BCUT2D eigenvalue weighted by molar-refractivity contribution is 7.48. The fourth-order valence-electron chi connectivity index (χ4n) is 0.668. The predicted molar refractivity (Wildman–Crippen MR) is 51.6 cm³/mol. The molecule has 0 N–H and O–H groups in total. The Kier molecular flexibility index (Phi) is 6.60. The van der Waals surface area contributed by atoms with Crippen molar-refractivity contribution < 1.29 is 18.1 Å². The Bertz CT molecular complexity index is 160. The van der Waals surface area contributed by atoms with Gasteiger partial charge in [0.25, 0.3) is 0 Å². The maximum absolute atomic E-state index is 11.7. The molecule has 0 aliphatic rings. The molecule has 0 saturated heterocycles. The van der Waals surface area contributed by atoms with Crippen molar-refractivity contribution in [1.82, 2.24) is 0 Å². The quantitative estimate of drug-likeness (QED) is 0.606. The van der Waals surface area contributed by atoms with E-state index in [0.717, 1.165) is 0 Å². The molecule has 4 nitrogen and oxygen atoms in total. The molecule has 0 aliphatic carbocycles. The molecule has 0 saturated carbocycles. The summed E-state index contributed by atoms with van der Waals surface area (Å²) >= 11 is 0. The average molecular weight is 210 g/mol. The number of phosphoric ester groups is 1. The van der Waals surface area contributed by atoms with E-state index in [1.165, 1.54) is 0 Å². The molecule has 0 aliphatic heterocycles. The van der Waals surface area contributed by atoms with Gasteiger partial charge >= 0.3 is 7.82 Å². The Morgan fingerprint density at radius 2 is 1.54 bits per heavy atom. The van der Waals surface area contributed by atoms with Gasteiger partial charge in [-0.15, -0.1) is 0 Å². The van der Waals surface area contributed by atoms with Crippen LogP contribution >= 0.6 is 7.82 Å². The molecule has 13 heavy (non-hydrogen) atoms. The molecule has 0 rings (SSSR count). The zero-order valence-electron chi connectivity index (χ0n) is 8.78. The molecule has 0 amide bonds. The summed E-state index contributed by atoms with van der Waals surface area (Å²) in [6.07, 6.45) is 0. The number of hydrogen-bond donors (Lipinski definition) is 0. The van der Waals surface area contributed by atoms with E-state index in [0.29, 0.717) is 25.7 Å². The van der Waals surface area contributed by atoms with Crippen LogP contribution in [-0.4, -0.2) is 19.8 Å². The predicted octanol–water partition coefficient (Wildman–Crippen LogP) is 2.84. The largest absolute Gasteiger partial charge is 0.474 e. The molecule has 0 bridgehead atoms. The van der Waals surface area contributed by atoms with Crippen LogP contribution in [0.2, 0.25) is 0 Å². The molecule has 0 heterocycles. The molecule has 5 heteroatoms. The van der Waals surface area contributed by atoms with Gasteiger partial charge in [-0.3, -0.25) is 13.6 Å². The van der Waals surface area contributed by atoms with Gasteiger partial charge < -0.3 is 0 Å². The number of rotatable bonds is 7. The van der Waals surface area contributed by atoms with Gasteiger partial charge in [0.05, 0.1) is 19.8 Å². The van der Waals surface area contributed by atoms with Gasteiger partial charge in [-0.2, -0.15) is 0 Å². The Hall–Kier alpha value is 0.110. The fraction of sp³-hybridized carbons (Fsp3) is 1.00. The van der Waals surface area contributed by atoms with Crippen molar-refractivity contribution in [2.45, 2.75) is 27.7 Å². The third-order valence-corrected chi connectivity index (χ3v) is 2.75. The standard InChI is InChI=1S/C8H19O4P/c1-5-10-13(9,11-6-2)12-7-8(3)4/h8H,5-7H2,1-4H3. The van der Waals surface area contributed by atoms with Gasteiger partial charge in [0.15, 0.2) is 0 Å². The van der Waals surface area contributed by atoms with Crippen molar-refractivity contribution in [3.63, 3.8) is 0 Å². The minimum Gasteiger partial charge on any atom is -0.287 e. The summed E-state index contributed by atoms with van der Waals surface area (Å²) in [6, 6.07) is 0. The van der Waals surface area contributed by atoms with E-state index in [2.05, 4.69) is 0 Å². The van der Waals surface area contributed by atoms with Crippen LogP contribution in [0.15, 0.2) is 0 Å². The molecule has 0 atom stereocenters. The summed E-state index contributed by atoms with van der Waals surface area (Å²) in [5, 5.41) is 0. The topological polar surface area (TPSA) is 44.8 Å². The maximum atomic E-state index is 11.7. The van der Waals surface area contributed by atoms with E-state index in [-0.39, 0.29) is 0 Å². The van der Waals surface area contributed by atoms with Crippen LogP contribution in [0.1, 0.15) is 27.7 Å². The molecule has 0 radical (unpaired) electrons. The first-order valence-electron chi connectivity index (χ1n) is 4.57. The fourth-order valence-corrected chi connectivity index (χ4v) is 2.01. The Morgan fingerprint density at radius 1 is 1.08 bits per heavy atom. The van der Waals surface area contributed by atoms with Gasteiger partial charge in [0.1, 0.15) is 0 Å². The van der Waals surface area contributed by atoms with Crippen LogP contribution < -0.4 is 0 Å². The third kappa shape index (κ3) is 6.22. The second-order valence-electron chi connectivity index (χ2n) is 2.97. The lowest BCUT2D eigenvalue weighted by atomic mass is 10.2. The lowest BCUT2D eigenvalue weighted by Crippen LogP contribution is -2.05. The van der Waals surface area contributed by atoms with Crippen molar-refractivity contribution in [2.75, 3.05) is 19.8 Å². The summed E-state index contributed by atoms with van der Waals surface area (Å²) in [5.74, 6) is 0.314. The summed E-state index contributed by atoms with van der Waals surface area (Å²) in [7, 11) is -3.27. The molecule has 0 spiro atoms. The van der Waals surface area contributed by atoms with E-state index >= 15 is 0 Å². The second-order valence-corrected chi connectivity index (χ2v) is 4.64. The molecule has 0 unspecified atom stereocenters. The SMILES string of the molecule is CCOP(=O)(OCC)OCC(C)C. The first-order chi connectivity index (χ1) is 6.04. The van der Waals surface area contributed by atoms with Crippen LogP contribution in [0.3, 0.4) is 0 Å². The lowest BCUT2D eigenvalue weighted by Gasteiger charge is -2.17. The normalized spacial score (nSPS) is 12.4. The van der Waals surface area contributed by atoms with Gasteiger partial charge in [0.2, 0.25) is 0 Å². The van der Waals surface area contributed by atoms with Crippen molar-refractivity contribution in [1.29, 1.82) is 0 Å². The van der Waals surface area contributed by atoms with E-state index in [1.807, 2.05) is 13.8 Å². The molecule has 0 fully saturated rings. The highest BCUT2D eigenvalue weighted by Gasteiger charge is 2.25. The monoisotopic (exact) mass is 210 g/mol. The molecular weight excluding hydrogens is 191 g/mol. The molecule has 0 aromatic rings. The van der Waals surface area contributed by atoms with Crippen molar-refractivity contribution in [2.24, 2.45) is 5.92 Å². The van der Waals surface area contributed by atoms with Crippen LogP contribution in [-0.2, 0) is 18.1 Å². The van der Waals surface area contributed by atoms with E-state index in [9.17, 15) is 4.57 Å². The molecule has 0 aromatic heterocycles. The summed E-state index contributed by atoms with van der Waals surface area (Å²) in [4.78, 5) is 0. The smallest absolute Gasteiger partial charge is 0.287 e. The molecule has 0 aromatic carbocycles. The lowest BCUT2D eigenvalue weighted by molar-refractivity contribution is 0.112. The van der Waals surface area contributed by atoms with Gasteiger partial charge in [-0.1, -0.05) is 13.8 Å². The second kappa shape index (κ2) is 6.55. The Morgan fingerprint density at radius 3 is 1.85 bits per heavy atom. The first kappa shape index (κ1) is 13.1. The van der Waals surface area contributed by atoms with Gasteiger partial charge in [0, 0.05) is 0 Å². The van der Waals surface area contributed by atoms with Crippen molar-refractivity contribution in [3.8, 4) is 0 Å². The van der Waals surface area contributed by atoms with Crippen LogP contribution in [0.4, 0.5) is 0 Å². The minimum atomic E-state index is -3.27. The summed E-state index contributed by atoms with van der Waals surface area (Å²) in [5.41, 5.74) is 0. The minimum absolute atomic E-state index is 0.314. The Labute approximate surface area is 80.2 Å². The highest BCUT2D eigenvalue weighted by atomic mass is 31.2. The average Bonchev–Trinajstić information content (AvgIpc) is 2.02.